The molecule has 0 aromatic heterocycles. The highest BCUT2D eigenvalue weighted by atomic mass is 32.2. The van der Waals surface area contributed by atoms with E-state index in [2.05, 4.69) is 11.8 Å². The summed E-state index contributed by atoms with van der Waals surface area (Å²) in [7, 11) is -1.86. The van der Waals surface area contributed by atoms with E-state index in [-0.39, 0.29) is 11.5 Å². The van der Waals surface area contributed by atoms with Gasteiger partial charge in [-0.25, -0.2) is 12.7 Å². The molecular formula is C14H19NO3S2. The number of hydrogen-bond donors (Lipinski definition) is 1. The third-order valence-electron chi connectivity index (χ3n) is 2.82. The van der Waals surface area contributed by atoms with Crippen molar-refractivity contribution in [2.24, 2.45) is 0 Å². The summed E-state index contributed by atoms with van der Waals surface area (Å²) in [5.41, 5.74) is 1.51. The van der Waals surface area contributed by atoms with Crippen LogP contribution in [0.2, 0.25) is 0 Å². The Morgan fingerprint density at radius 2 is 2.10 bits per heavy atom. The minimum atomic E-state index is -3.45. The predicted octanol–water partition coefficient (Wildman–Crippen LogP) is 1.32. The molecule has 0 amide bonds. The van der Waals surface area contributed by atoms with Crippen LogP contribution in [-0.4, -0.2) is 50.0 Å². The number of hydrogen-bond acceptors (Lipinski definition) is 4. The van der Waals surface area contributed by atoms with E-state index in [1.807, 2.05) is 13.2 Å². The summed E-state index contributed by atoms with van der Waals surface area (Å²) in [5, 5.41) is 8.68. The largest absolute Gasteiger partial charge is 0.384 e. The second kappa shape index (κ2) is 7.70. The molecule has 1 aromatic rings. The van der Waals surface area contributed by atoms with Crippen LogP contribution >= 0.6 is 11.8 Å². The third-order valence-corrected chi connectivity index (χ3v) is 5.26. The van der Waals surface area contributed by atoms with Gasteiger partial charge in [0.25, 0.3) is 0 Å². The molecule has 1 N–H and O–H groups in total. The molecule has 0 heterocycles. The highest BCUT2D eigenvalue weighted by Crippen LogP contribution is 2.18. The quantitative estimate of drug-likeness (QED) is 0.833. The third kappa shape index (κ3) is 4.25. The van der Waals surface area contributed by atoms with E-state index < -0.39 is 10.0 Å². The summed E-state index contributed by atoms with van der Waals surface area (Å²) in [4.78, 5) is 0.271. The maximum absolute atomic E-state index is 12.4. The maximum atomic E-state index is 12.4. The summed E-state index contributed by atoms with van der Waals surface area (Å²) in [5.74, 6) is 6.11. The topological polar surface area (TPSA) is 57.6 Å². The lowest BCUT2D eigenvalue weighted by Crippen LogP contribution is -2.29. The number of thioether (sulfide) groups is 1. The number of sulfonamides is 1. The standard InChI is InChI=1S/C14H19NO3S2/c1-12-11-14(7-6-13(12)5-4-9-16)20(17,18)15(2)8-10-19-3/h6-7,11,16H,8-10H2,1-3H3. The summed E-state index contributed by atoms with van der Waals surface area (Å²) in [6.07, 6.45) is 1.94. The molecule has 0 atom stereocenters. The van der Waals surface area contributed by atoms with E-state index >= 15 is 0 Å². The average Bonchev–Trinajstić information content (AvgIpc) is 2.43. The molecule has 0 fully saturated rings. The molecule has 0 unspecified atom stereocenters. The minimum absolute atomic E-state index is 0.211. The molecule has 4 nitrogen and oxygen atoms in total. The van der Waals surface area contributed by atoms with Gasteiger partial charge < -0.3 is 5.11 Å². The van der Waals surface area contributed by atoms with Crippen molar-refractivity contribution in [3.8, 4) is 11.8 Å². The van der Waals surface area contributed by atoms with Crippen molar-refractivity contribution in [1.29, 1.82) is 0 Å². The van der Waals surface area contributed by atoms with Crippen LogP contribution in [0.25, 0.3) is 0 Å². The lowest BCUT2D eigenvalue weighted by molar-refractivity contribution is 0.350. The minimum Gasteiger partial charge on any atom is -0.384 e. The van der Waals surface area contributed by atoms with Crippen LogP contribution < -0.4 is 0 Å². The monoisotopic (exact) mass is 313 g/mol. The number of benzene rings is 1. The summed E-state index contributed by atoms with van der Waals surface area (Å²) in [6.45, 7) is 2.08. The van der Waals surface area contributed by atoms with Gasteiger partial charge in [0.15, 0.2) is 0 Å². The van der Waals surface area contributed by atoms with Crippen LogP contribution in [0, 0.1) is 18.8 Å². The molecule has 0 spiro atoms. The smallest absolute Gasteiger partial charge is 0.242 e. The summed E-state index contributed by atoms with van der Waals surface area (Å²) >= 11 is 1.61. The zero-order valence-corrected chi connectivity index (χ0v) is 13.5. The van der Waals surface area contributed by atoms with E-state index in [1.165, 1.54) is 4.31 Å². The Labute approximate surface area is 125 Å². The molecule has 20 heavy (non-hydrogen) atoms. The van der Waals surface area contributed by atoms with E-state index in [0.29, 0.717) is 6.54 Å². The molecule has 6 heteroatoms. The molecule has 0 aliphatic heterocycles. The van der Waals surface area contributed by atoms with Crippen LogP contribution in [-0.2, 0) is 10.0 Å². The van der Waals surface area contributed by atoms with E-state index in [1.54, 1.807) is 37.0 Å². The second-order valence-corrected chi connectivity index (χ2v) is 7.29. The molecule has 0 saturated heterocycles. The van der Waals surface area contributed by atoms with Crippen molar-refractivity contribution >= 4 is 21.8 Å². The van der Waals surface area contributed by atoms with Gasteiger partial charge in [-0.05, 0) is 36.9 Å². The van der Waals surface area contributed by atoms with Crippen molar-refractivity contribution in [3.63, 3.8) is 0 Å². The van der Waals surface area contributed by atoms with Gasteiger partial charge in [-0.2, -0.15) is 11.8 Å². The van der Waals surface area contributed by atoms with Crippen molar-refractivity contribution < 1.29 is 13.5 Å². The van der Waals surface area contributed by atoms with Gasteiger partial charge in [-0.3, -0.25) is 0 Å². The molecule has 0 saturated carbocycles. The van der Waals surface area contributed by atoms with Crippen LogP contribution in [0.15, 0.2) is 23.1 Å². The van der Waals surface area contributed by atoms with Crippen LogP contribution in [0.5, 0.6) is 0 Å². The number of rotatable bonds is 5. The van der Waals surface area contributed by atoms with E-state index in [4.69, 9.17) is 5.11 Å². The zero-order valence-electron chi connectivity index (χ0n) is 11.9. The van der Waals surface area contributed by atoms with E-state index in [9.17, 15) is 8.42 Å². The van der Waals surface area contributed by atoms with Crippen molar-refractivity contribution in [1.82, 2.24) is 4.31 Å². The Bertz CT molecular complexity index is 615. The van der Waals surface area contributed by atoms with Crippen LogP contribution in [0.1, 0.15) is 11.1 Å². The first kappa shape index (κ1) is 17.1. The lowest BCUT2D eigenvalue weighted by atomic mass is 10.1. The van der Waals surface area contributed by atoms with Crippen LogP contribution in [0.3, 0.4) is 0 Å². The van der Waals surface area contributed by atoms with Gasteiger partial charge in [-0.1, -0.05) is 11.8 Å². The first-order valence-electron chi connectivity index (χ1n) is 6.09. The fourth-order valence-corrected chi connectivity index (χ4v) is 3.42. The maximum Gasteiger partial charge on any atom is 0.242 e. The normalized spacial score (nSPS) is 11.2. The summed E-state index contributed by atoms with van der Waals surface area (Å²) < 4.78 is 26.1. The number of nitrogens with zero attached hydrogens (tertiary/aromatic N) is 1. The van der Waals surface area contributed by atoms with Crippen molar-refractivity contribution in [2.75, 3.05) is 32.2 Å². The second-order valence-electron chi connectivity index (χ2n) is 4.26. The Hall–Kier alpha value is -1.00. The Morgan fingerprint density at radius 1 is 1.40 bits per heavy atom. The van der Waals surface area contributed by atoms with Gasteiger partial charge in [-0.15, -0.1) is 0 Å². The SMILES string of the molecule is CSCCN(C)S(=O)(=O)c1ccc(C#CCO)c(C)c1. The number of aliphatic hydroxyl groups is 1. The fourth-order valence-electron chi connectivity index (χ4n) is 1.59. The van der Waals surface area contributed by atoms with Gasteiger partial charge in [0.1, 0.15) is 6.61 Å². The number of aryl methyl sites for hydroxylation is 1. The molecular weight excluding hydrogens is 294 g/mol. The number of aliphatic hydroxyl groups excluding tert-OH is 1. The van der Waals surface area contributed by atoms with Gasteiger partial charge in [0.05, 0.1) is 4.90 Å². The first-order valence-corrected chi connectivity index (χ1v) is 8.92. The lowest BCUT2D eigenvalue weighted by Gasteiger charge is -2.17. The molecule has 1 aromatic carbocycles. The molecule has 0 bridgehead atoms. The highest BCUT2D eigenvalue weighted by Gasteiger charge is 2.20. The molecule has 0 radical (unpaired) electrons. The fraction of sp³-hybridized carbons (Fsp3) is 0.429. The molecule has 1 rings (SSSR count). The Balaban J connectivity index is 3.05. The molecule has 110 valence electrons. The Morgan fingerprint density at radius 3 is 2.65 bits per heavy atom. The van der Waals surface area contributed by atoms with Crippen molar-refractivity contribution in [3.05, 3.63) is 29.3 Å². The van der Waals surface area contributed by atoms with Crippen molar-refractivity contribution in [2.45, 2.75) is 11.8 Å². The van der Waals surface area contributed by atoms with Gasteiger partial charge in [0.2, 0.25) is 10.0 Å². The Kier molecular flexibility index (Phi) is 6.56. The predicted molar refractivity (Wildman–Crippen MR) is 83.3 cm³/mol. The van der Waals surface area contributed by atoms with Gasteiger partial charge >= 0.3 is 0 Å². The highest BCUT2D eigenvalue weighted by molar-refractivity contribution is 7.98. The average molecular weight is 313 g/mol. The zero-order chi connectivity index (χ0) is 15.2. The summed E-state index contributed by atoms with van der Waals surface area (Å²) in [6, 6.07) is 4.85. The molecule has 0 aliphatic rings. The first-order chi connectivity index (χ1) is 9.43. The van der Waals surface area contributed by atoms with Gasteiger partial charge in [0, 0.05) is 24.9 Å². The van der Waals surface area contributed by atoms with E-state index in [0.717, 1.165) is 16.9 Å². The molecule has 0 aliphatic carbocycles. The van der Waals surface area contributed by atoms with Crippen LogP contribution in [0.4, 0.5) is 0 Å².